The van der Waals surface area contributed by atoms with Crippen LogP contribution >= 0.6 is 12.4 Å². The topological polar surface area (TPSA) is 75.4 Å². The van der Waals surface area contributed by atoms with E-state index in [-0.39, 0.29) is 18.4 Å². The van der Waals surface area contributed by atoms with E-state index in [0.717, 1.165) is 12.8 Å². The molecule has 1 saturated heterocycles. The van der Waals surface area contributed by atoms with Crippen LogP contribution in [0.5, 0.6) is 0 Å². The molecule has 0 spiro atoms. The molecule has 0 aliphatic carbocycles. The lowest BCUT2D eigenvalue weighted by molar-refractivity contribution is 0.312. The summed E-state index contributed by atoms with van der Waals surface area (Å²) in [6.07, 6.45) is 1.77. The Bertz CT molecular complexity index is 258. The molecule has 1 aliphatic heterocycles. The van der Waals surface area contributed by atoms with E-state index < -0.39 is 10.2 Å². The third-order valence-corrected chi connectivity index (χ3v) is 3.75. The van der Waals surface area contributed by atoms with Crippen LogP contribution in [-0.2, 0) is 10.2 Å². The standard InChI is InChI=1S/C7H17N3O2S.ClH/c1-2-9-13(11,12)10-5-3-4-7(8)6-10;/h7,9H,2-6,8H2,1H3;1H/t7-;/m1./s1. The van der Waals surface area contributed by atoms with E-state index in [1.807, 2.05) is 0 Å². The number of halogens is 1. The zero-order valence-corrected chi connectivity index (χ0v) is 9.90. The second-order valence-electron chi connectivity index (χ2n) is 3.26. The molecule has 1 atom stereocenters. The smallest absolute Gasteiger partial charge is 0.279 e. The second-order valence-corrected chi connectivity index (χ2v) is 5.02. The van der Waals surface area contributed by atoms with Gasteiger partial charge in [0, 0.05) is 25.7 Å². The van der Waals surface area contributed by atoms with E-state index in [1.54, 1.807) is 6.92 Å². The number of nitrogens with two attached hydrogens (primary N) is 1. The third kappa shape index (κ3) is 3.70. The molecule has 1 heterocycles. The maximum Gasteiger partial charge on any atom is 0.279 e. The van der Waals surface area contributed by atoms with Crippen LogP contribution in [0.1, 0.15) is 19.8 Å². The Morgan fingerprint density at radius 2 is 2.21 bits per heavy atom. The van der Waals surface area contributed by atoms with Crippen LogP contribution in [0.2, 0.25) is 0 Å². The Morgan fingerprint density at radius 3 is 2.71 bits per heavy atom. The first-order valence-corrected chi connectivity index (χ1v) is 6.00. The van der Waals surface area contributed by atoms with Gasteiger partial charge in [0.1, 0.15) is 0 Å². The van der Waals surface area contributed by atoms with E-state index in [0.29, 0.717) is 19.6 Å². The maximum atomic E-state index is 11.5. The molecule has 0 bridgehead atoms. The highest BCUT2D eigenvalue weighted by Crippen LogP contribution is 2.10. The fraction of sp³-hybridized carbons (Fsp3) is 1.00. The highest BCUT2D eigenvalue weighted by molar-refractivity contribution is 7.87. The van der Waals surface area contributed by atoms with Crippen molar-refractivity contribution >= 4 is 22.6 Å². The van der Waals surface area contributed by atoms with Crippen LogP contribution in [0.4, 0.5) is 0 Å². The Labute approximate surface area is 91.6 Å². The van der Waals surface area contributed by atoms with Crippen LogP contribution in [0.25, 0.3) is 0 Å². The van der Waals surface area contributed by atoms with Gasteiger partial charge in [0.2, 0.25) is 0 Å². The van der Waals surface area contributed by atoms with Crippen LogP contribution in [0.3, 0.4) is 0 Å². The number of nitrogens with zero attached hydrogens (tertiary/aromatic N) is 1. The lowest BCUT2D eigenvalue weighted by atomic mass is 10.1. The molecule has 7 heteroatoms. The van der Waals surface area contributed by atoms with E-state index in [1.165, 1.54) is 4.31 Å². The van der Waals surface area contributed by atoms with Crippen LogP contribution in [0.15, 0.2) is 0 Å². The minimum absolute atomic E-state index is 0. The van der Waals surface area contributed by atoms with Crippen molar-refractivity contribution in [1.29, 1.82) is 0 Å². The second kappa shape index (κ2) is 5.87. The van der Waals surface area contributed by atoms with Gasteiger partial charge in [0.15, 0.2) is 0 Å². The number of hydrogen-bond donors (Lipinski definition) is 2. The van der Waals surface area contributed by atoms with E-state index in [2.05, 4.69) is 4.72 Å². The molecule has 0 amide bonds. The Balaban J connectivity index is 0.00000169. The summed E-state index contributed by atoms with van der Waals surface area (Å²) in [5.41, 5.74) is 5.68. The lowest BCUT2D eigenvalue weighted by Crippen LogP contribution is -2.49. The molecule has 0 radical (unpaired) electrons. The summed E-state index contributed by atoms with van der Waals surface area (Å²) in [7, 11) is -3.26. The van der Waals surface area contributed by atoms with E-state index in [4.69, 9.17) is 5.73 Å². The molecule has 5 nitrogen and oxygen atoms in total. The molecule has 1 rings (SSSR count). The molecule has 1 fully saturated rings. The van der Waals surface area contributed by atoms with Gasteiger partial charge in [0.25, 0.3) is 10.2 Å². The molecule has 0 aromatic carbocycles. The van der Waals surface area contributed by atoms with Crippen LogP contribution < -0.4 is 10.5 Å². The summed E-state index contributed by atoms with van der Waals surface area (Å²) in [5.74, 6) is 0. The van der Waals surface area contributed by atoms with Crippen molar-refractivity contribution in [1.82, 2.24) is 9.03 Å². The molecular weight excluding hydrogens is 226 g/mol. The van der Waals surface area contributed by atoms with Crippen LogP contribution in [-0.4, -0.2) is 38.4 Å². The quantitative estimate of drug-likeness (QED) is 0.714. The number of hydrogen-bond acceptors (Lipinski definition) is 3. The van der Waals surface area contributed by atoms with Gasteiger partial charge in [0.05, 0.1) is 0 Å². The third-order valence-electron chi connectivity index (χ3n) is 2.09. The van der Waals surface area contributed by atoms with E-state index >= 15 is 0 Å². The van der Waals surface area contributed by atoms with Crippen molar-refractivity contribution in [3.63, 3.8) is 0 Å². The molecule has 0 aromatic heterocycles. The van der Waals surface area contributed by atoms with Crippen molar-refractivity contribution in [2.24, 2.45) is 5.73 Å². The number of rotatable bonds is 3. The van der Waals surface area contributed by atoms with Gasteiger partial charge in [-0.05, 0) is 12.8 Å². The summed E-state index contributed by atoms with van der Waals surface area (Å²) in [6.45, 7) is 3.22. The Hall–Kier alpha value is 0.120. The highest BCUT2D eigenvalue weighted by Gasteiger charge is 2.26. The largest absolute Gasteiger partial charge is 0.327 e. The minimum atomic E-state index is -3.26. The summed E-state index contributed by atoms with van der Waals surface area (Å²) in [4.78, 5) is 0. The van der Waals surface area contributed by atoms with Crippen molar-refractivity contribution in [3.05, 3.63) is 0 Å². The normalized spacial score (nSPS) is 24.3. The highest BCUT2D eigenvalue weighted by atomic mass is 35.5. The molecule has 3 N–H and O–H groups in total. The molecular formula is C7H18ClN3O2S. The lowest BCUT2D eigenvalue weighted by Gasteiger charge is -2.29. The maximum absolute atomic E-state index is 11.5. The first-order valence-electron chi connectivity index (χ1n) is 4.56. The molecule has 0 aromatic rings. The predicted molar refractivity (Wildman–Crippen MR) is 58.6 cm³/mol. The fourth-order valence-electron chi connectivity index (χ4n) is 1.47. The monoisotopic (exact) mass is 243 g/mol. The molecule has 1 aliphatic rings. The van der Waals surface area contributed by atoms with Gasteiger partial charge in [-0.15, -0.1) is 12.4 Å². The van der Waals surface area contributed by atoms with Gasteiger partial charge in [-0.1, -0.05) is 6.92 Å². The molecule has 86 valence electrons. The average molecular weight is 244 g/mol. The summed E-state index contributed by atoms with van der Waals surface area (Å²) < 4.78 is 26.9. The summed E-state index contributed by atoms with van der Waals surface area (Å²) in [5, 5.41) is 0. The first kappa shape index (κ1) is 14.1. The minimum Gasteiger partial charge on any atom is -0.327 e. The van der Waals surface area contributed by atoms with E-state index in [9.17, 15) is 8.42 Å². The van der Waals surface area contributed by atoms with Crippen molar-refractivity contribution in [3.8, 4) is 0 Å². The van der Waals surface area contributed by atoms with Gasteiger partial charge >= 0.3 is 0 Å². The number of piperidine rings is 1. The Morgan fingerprint density at radius 1 is 1.57 bits per heavy atom. The SMILES string of the molecule is CCNS(=O)(=O)N1CCC[C@@H](N)C1.Cl. The van der Waals surface area contributed by atoms with Gasteiger partial charge in [-0.3, -0.25) is 0 Å². The Kier molecular flexibility index (Phi) is 5.92. The zero-order valence-electron chi connectivity index (χ0n) is 8.27. The predicted octanol–water partition coefficient (Wildman–Crippen LogP) is -0.314. The summed E-state index contributed by atoms with van der Waals surface area (Å²) >= 11 is 0. The van der Waals surface area contributed by atoms with Crippen molar-refractivity contribution in [2.45, 2.75) is 25.8 Å². The van der Waals surface area contributed by atoms with Crippen molar-refractivity contribution < 1.29 is 8.42 Å². The molecule has 0 saturated carbocycles. The first-order chi connectivity index (χ1) is 6.06. The van der Waals surface area contributed by atoms with Gasteiger partial charge < -0.3 is 5.73 Å². The number of nitrogens with one attached hydrogen (secondary N) is 1. The molecule has 0 unspecified atom stereocenters. The van der Waals surface area contributed by atoms with Gasteiger partial charge in [-0.2, -0.15) is 12.7 Å². The molecule has 14 heavy (non-hydrogen) atoms. The van der Waals surface area contributed by atoms with Gasteiger partial charge in [-0.25, -0.2) is 4.72 Å². The summed E-state index contributed by atoms with van der Waals surface area (Å²) in [6, 6.07) is -0.0119. The average Bonchev–Trinajstić information content (AvgIpc) is 2.04. The van der Waals surface area contributed by atoms with Crippen LogP contribution in [0, 0.1) is 0 Å². The fourth-order valence-corrected chi connectivity index (χ4v) is 2.77. The van der Waals surface area contributed by atoms with Crippen molar-refractivity contribution in [2.75, 3.05) is 19.6 Å². The zero-order chi connectivity index (χ0) is 9.90.